The molecule has 0 aliphatic heterocycles. The molecule has 0 saturated heterocycles. The summed E-state index contributed by atoms with van der Waals surface area (Å²) >= 11 is 0. The number of nitrogens with one attached hydrogen (secondary N) is 1. The number of aromatic nitrogens is 2. The lowest BCUT2D eigenvalue weighted by molar-refractivity contribution is 0.423. The van der Waals surface area contributed by atoms with E-state index in [9.17, 15) is 0 Å². The van der Waals surface area contributed by atoms with Gasteiger partial charge in [-0.2, -0.15) is 0 Å². The van der Waals surface area contributed by atoms with Gasteiger partial charge in [-0.3, -0.25) is 0 Å². The van der Waals surface area contributed by atoms with Gasteiger partial charge in [0, 0.05) is 43.1 Å². The molecule has 1 N–H and O–H groups in total. The molecule has 0 bridgehead atoms. The minimum absolute atomic E-state index is 0.121. The van der Waals surface area contributed by atoms with Crippen molar-refractivity contribution in [1.29, 1.82) is 0 Å². The normalized spacial score (nSPS) is 17.5. The Morgan fingerprint density at radius 3 is 2.19 bits per heavy atom. The summed E-state index contributed by atoms with van der Waals surface area (Å²) in [7, 11) is 2.14. The number of hydrogen-bond acceptors (Lipinski definition) is 4. The molecule has 21 heavy (non-hydrogen) atoms. The smallest absolute Gasteiger partial charge is 0.225 e. The van der Waals surface area contributed by atoms with Crippen LogP contribution in [0.25, 0.3) is 0 Å². The highest BCUT2D eigenvalue weighted by Crippen LogP contribution is 2.23. The van der Waals surface area contributed by atoms with Crippen molar-refractivity contribution in [3.8, 4) is 0 Å². The van der Waals surface area contributed by atoms with Crippen LogP contribution in [0.15, 0.2) is 12.4 Å². The summed E-state index contributed by atoms with van der Waals surface area (Å²) in [5, 5.41) is 3.46. The van der Waals surface area contributed by atoms with Crippen molar-refractivity contribution in [2.75, 3.05) is 11.9 Å². The Morgan fingerprint density at radius 1 is 1.10 bits per heavy atom. The molecule has 0 aromatic carbocycles. The maximum absolute atomic E-state index is 4.56. The fraction of sp³-hybridized carbons (Fsp3) is 0.765. The molecule has 1 heterocycles. The highest BCUT2D eigenvalue weighted by atomic mass is 15.2. The van der Waals surface area contributed by atoms with Gasteiger partial charge in [0.2, 0.25) is 5.95 Å². The summed E-state index contributed by atoms with van der Waals surface area (Å²) in [6.45, 7) is 7.32. The SMILES string of the molecule is CN(c1ncc(CNC(C)(C)C)cn1)C1CCCCCC1. The Balaban J connectivity index is 1.94. The molecular formula is C17H30N4. The highest BCUT2D eigenvalue weighted by molar-refractivity contribution is 5.30. The van der Waals surface area contributed by atoms with Crippen LogP contribution in [0.5, 0.6) is 0 Å². The Labute approximate surface area is 129 Å². The lowest BCUT2D eigenvalue weighted by atomic mass is 10.1. The van der Waals surface area contributed by atoms with E-state index in [2.05, 4.69) is 48.0 Å². The van der Waals surface area contributed by atoms with Crippen LogP contribution in [-0.2, 0) is 6.54 Å². The van der Waals surface area contributed by atoms with Gasteiger partial charge in [-0.25, -0.2) is 9.97 Å². The Morgan fingerprint density at radius 2 is 1.67 bits per heavy atom. The van der Waals surface area contributed by atoms with Crippen molar-refractivity contribution in [2.24, 2.45) is 0 Å². The maximum Gasteiger partial charge on any atom is 0.225 e. The highest BCUT2D eigenvalue weighted by Gasteiger charge is 2.19. The standard InChI is InChI=1S/C17H30N4/c1-17(2,3)20-13-14-11-18-16(19-12-14)21(4)15-9-7-5-6-8-10-15/h11-12,15,20H,5-10,13H2,1-4H3. The van der Waals surface area contributed by atoms with Gasteiger partial charge in [0.05, 0.1) is 0 Å². The molecule has 1 fully saturated rings. The molecule has 4 heteroatoms. The summed E-state index contributed by atoms with van der Waals surface area (Å²) in [4.78, 5) is 11.4. The second kappa shape index (κ2) is 7.21. The van der Waals surface area contributed by atoms with E-state index in [-0.39, 0.29) is 5.54 Å². The lowest BCUT2D eigenvalue weighted by Crippen LogP contribution is -2.35. The first-order valence-corrected chi connectivity index (χ1v) is 8.24. The Kier molecular flexibility index (Phi) is 5.57. The van der Waals surface area contributed by atoms with Crippen LogP contribution in [0, 0.1) is 0 Å². The fourth-order valence-electron chi connectivity index (χ4n) is 2.80. The minimum atomic E-state index is 0.121. The van der Waals surface area contributed by atoms with E-state index in [4.69, 9.17) is 0 Å². The second-order valence-corrected chi connectivity index (χ2v) is 7.25. The van der Waals surface area contributed by atoms with E-state index in [0.717, 1.165) is 18.1 Å². The minimum Gasteiger partial charge on any atom is -0.341 e. The topological polar surface area (TPSA) is 41.1 Å². The first-order chi connectivity index (χ1) is 9.96. The van der Waals surface area contributed by atoms with Crippen molar-refractivity contribution in [3.63, 3.8) is 0 Å². The van der Waals surface area contributed by atoms with Gasteiger partial charge < -0.3 is 10.2 Å². The second-order valence-electron chi connectivity index (χ2n) is 7.25. The third kappa shape index (κ3) is 5.27. The number of hydrogen-bond donors (Lipinski definition) is 1. The Bertz CT molecular complexity index is 413. The zero-order valence-corrected chi connectivity index (χ0v) is 14.0. The zero-order chi connectivity index (χ0) is 15.3. The molecule has 2 rings (SSSR count). The van der Waals surface area contributed by atoms with Crippen LogP contribution in [-0.4, -0.2) is 28.6 Å². The molecule has 1 saturated carbocycles. The molecular weight excluding hydrogens is 260 g/mol. The van der Waals surface area contributed by atoms with Gasteiger partial charge in [0.1, 0.15) is 0 Å². The summed E-state index contributed by atoms with van der Waals surface area (Å²) < 4.78 is 0. The summed E-state index contributed by atoms with van der Waals surface area (Å²) in [5.41, 5.74) is 1.26. The third-order valence-corrected chi connectivity index (χ3v) is 4.20. The van der Waals surface area contributed by atoms with Crippen LogP contribution in [0.4, 0.5) is 5.95 Å². The average molecular weight is 290 g/mol. The van der Waals surface area contributed by atoms with E-state index in [1.165, 1.54) is 38.5 Å². The van der Waals surface area contributed by atoms with Crippen molar-refractivity contribution >= 4 is 5.95 Å². The quantitative estimate of drug-likeness (QED) is 0.861. The average Bonchev–Trinajstić information content (AvgIpc) is 2.73. The summed E-state index contributed by atoms with van der Waals surface area (Å²) in [5.74, 6) is 0.862. The zero-order valence-electron chi connectivity index (χ0n) is 14.0. The van der Waals surface area contributed by atoms with Crippen molar-refractivity contribution < 1.29 is 0 Å². The summed E-state index contributed by atoms with van der Waals surface area (Å²) in [6, 6.07) is 0.603. The van der Waals surface area contributed by atoms with Crippen LogP contribution >= 0.6 is 0 Å². The molecule has 1 aliphatic rings. The molecule has 0 amide bonds. The third-order valence-electron chi connectivity index (χ3n) is 4.20. The van der Waals surface area contributed by atoms with E-state index < -0.39 is 0 Å². The fourth-order valence-corrected chi connectivity index (χ4v) is 2.80. The van der Waals surface area contributed by atoms with Gasteiger partial charge >= 0.3 is 0 Å². The number of nitrogens with zero attached hydrogens (tertiary/aromatic N) is 3. The first kappa shape index (κ1) is 16.2. The molecule has 1 aliphatic carbocycles. The van der Waals surface area contributed by atoms with E-state index >= 15 is 0 Å². The van der Waals surface area contributed by atoms with Gasteiger partial charge in [-0.05, 0) is 33.6 Å². The molecule has 1 aromatic heterocycles. The lowest BCUT2D eigenvalue weighted by Gasteiger charge is -2.27. The molecule has 0 atom stereocenters. The predicted molar refractivity (Wildman–Crippen MR) is 88.5 cm³/mol. The summed E-state index contributed by atoms with van der Waals surface area (Å²) in [6.07, 6.45) is 11.9. The van der Waals surface area contributed by atoms with E-state index in [1.807, 2.05) is 12.4 Å². The van der Waals surface area contributed by atoms with Crippen LogP contribution in [0.3, 0.4) is 0 Å². The van der Waals surface area contributed by atoms with Gasteiger partial charge in [-0.1, -0.05) is 25.7 Å². The van der Waals surface area contributed by atoms with E-state index in [0.29, 0.717) is 6.04 Å². The van der Waals surface area contributed by atoms with Gasteiger partial charge in [0.25, 0.3) is 0 Å². The molecule has 0 spiro atoms. The maximum atomic E-state index is 4.56. The molecule has 1 aromatic rings. The number of rotatable bonds is 4. The van der Waals surface area contributed by atoms with E-state index in [1.54, 1.807) is 0 Å². The predicted octanol–water partition coefficient (Wildman–Crippen LogP) is 3.52. The van der Waals surface area contributed by atoms with Crippen molar-refractivity contribution in [2.45, 2.75) is 77.4 Å². The van der Waals surface area contributed by atoms with Crippen LogP contribution < -0.4 is 10.2 Å². The van der Waals surface area contributed by atoms with Gasteiger partial charge in [-0.15, -0.1) is 0 Å². The molecule has 118 valence electrons. The monoisotopic (exact) mass is 290 g/mol. The van der Waals surface area contributed by atoms with Crippen LogP contribution in [0.2, 0.25) is 0 Å². The molecule has 4 nitrogen and oxygen atoms in total. The first-order valence-electron chi connectivity index (χ1n) is 8.24. The van der Waals surface area contributed by atoms with Crippen molar-refractivity contribution in [3.05, 3.63) is 18.0 Å². The molecule has 0 radical (unpaired) electrons. The van der Waals surface area contributed by atoms with Gasteiger partial charge in [0.15, 0.2) is 0 Å². The number of anilines is 1. The van der Waals surface area contributed by atoms with Crippen LogP contribution in [0.1, 0.15) is 64.9 Å². The molecule has 0 unspecified atom stereocenters. The largest absolute Gasteiger partial charge is 0.341 e. The Hall–Kier alpha value is -1.16. The van der Waals surface area contributed by atoms with Crippen molar-refractivity contribution in [1.82, 2.24) is 15.3 Å².